The van der Waals surface area contributed by atoms with Crippen LogP contribution in [0.4, 0.5) is 0 Å². The van der Waals surface area contributed by atoms with Crippen LogP contribution < -0.4 is 16.0 Å². The molecule has 3 N–H and O–H groups in total. The summed E-state index contributed by atoms with van der Waals surface area (Å²) in [5, 5.41) is 4.57. The van der Waals surface area contributed by atoms with Crippen LogP contribution in [0.2, 0.25) is 0 Å². The number of hydrazine groups is 1. The number of nitrogens with one attached hydrogen (secondary N) is 1. The molecule has 0 bridgehead atoms. The Hall–Kier alpha value is -1.85. The van der Waals surface area contributed by atoms with Crippen molar-refractivity contribution in [1.29, 1.82) is 0 Å². The smallest absolute Gasteiger partial charge is 0.122 e. The first-order valence-electron chi connectivity index (χ1n) is 7.26. The lowest BCUT2D eigenvalue weighted by Gasteiger charge is -2.16. The zero-order valence-electron chi connectivity index (χ0n) is 12.9. The van der Waals surface area contributed by atoms with E-state index in [0.717, 1.165) is 29.8 Å². The zero-order valence-corrected chi connectivity index (χ0v) is 12.9. The minimum Gasteiger partial charge on any atom is -0.496 e. The maximum Gasteiger partial charge on any atom is 0.122 e. The summed E-state index contributed by atoms with van der Waals surface area (Å²) in [6, 6.07) is 10.6. The number of hydrogen-bond donors (Lipinski definition) is 2. The van der Waals surface area contributed by atoms with E-state index in [-0.39, 0.29) is 6.04 Å². The number of nitrogens with two attached hydrogens (primary N) is 1. The first kappa shape index (κ1) is 15.5. The lowest BCUT2D eigenvalue weighted by atomic mass is 10.0. The Labute approximate surface area is 126 Å². The van der Waals surface area contributed by atoms with Crippen LogP contribution in [0.1, 0.15) is 31.1 Å². The van der Waals surface area contributed by atoms with Gasteiger partial charge in [0.1, 0.15) is 5.75 Å². The van der Waals surface area contributed by atoms with Gasteiger partial charge in [0.25, 0.3) is 0 Å². The quantitative estimate of drug-likeness (QED) is 0.605. The normalized spacial score (nSPS) is 12.6. The van der Waals surface area contributed by atoms with Crippen LogP contribution in [-0.2, 0) is 12.8 Å². The lowest BCUT2D eigenvalue weighted by Crippen LogP contribution is -2.38. The van der Waals surface area contributed by atoms with Gasteiger partial charge in [-0.15, -0.1) is 0 Å². The number of aromatic nitrogens is 2. The topological polar surface area (TPSA) is 65.1 Å². The molecular weight excluding hydrogens is 264 g/mol. The summed E-state index contributed by atoms with van der Waals surface area (Å²) >= 11 is 0. The van der Waals surface area contributed by atoms with Gasteiger partial charge in [-0.05, 0) is 38.0 Å². The van der Waals surface area contributed by atoms with Gasteiger partial charge in [0, 0.05) is 24.7 Å². The molecule has 114 valence electrons. The second-order valence-electron chi connectivity index (χ2n) is 5.46. The summed E-state index contributed by atoms with van der Waals surface area (Å²) < 4.78 is 7.35. The van der Waals surface area contributed by atoms with Crippen molar-refractivity contribution in [1.82, 2.24) is 15.2 Å². The van der Waals surface area contributed by atoms with Crippen molar-refractivity contribution < 1.29 is 4.74 Å². The summed E-state index contributed by atoms with van der Waals surface area (Å²) in [6.07, 6.45) is 3.60. The average molecular weight is 288 g/mol. The predicted octanol–water partition coefficient (Wildman–Crippen LogP) is 2.09. The molecule has 1 aromatic carbocycles. The molecule has 1 aromatic heterocycles. The fraction of sp³-hybridized carbons (Fsp3) is 0.438. The van der Waals surface area contributed by atoms with Gasteiger partial charge in [0.05, 0.1) is 12.8 Å². The highest BCUT2D eigenvalue weighted by Crippen LogP contribution is 2.19. The van der Waals surface area contributed by atoms with Gasteiger partial charge < -0.3 is 4.74 Å². The van der Waals surface area contributed by atoms with E-state index in [0.29, 0.717) is 6.04 Å². The van der Waals surface area contributed by atoms with E-state index in [1.54, 1.807) is 7.11 Å². The lowest BCUT2D eigenvalue weighted by molar-refractivity contribution is 0.404. The summed E-state index contributed by atoms with van der Waals surface area (Å²) in [6.45, 7) is 4.23. The average Bonchev–Trinajstić information content (AvgIpc) is 2.96. The minimum atomic E-state index is 0.122. The molecule has 2 aromatic rings. The van der Waals surface area contributed by atoms with Crippen molar-refractivity contribution in [2.24, 2.45) is 5.84 Å². The molecule has 1 heterocycles. The highest BCUT2D eigenvalue weighted by Gasteiger charge is 2.13. The van der Waals surface area contributed by atoms with Crippen LogP contribution in [-0.4, -0.2) is 22.9 Å². The molecule has 0 radical (unpaired) electrons. The Kier molecular flexibility index (Phi) is 5.36. The zero-order chi connectivity index (χ0) is 15.2. The number of nitrogens with zero attached hydrogens (tertiary/aromatic N) is 2. The second kappa shape index (κ2) is 7.24. The molecule has 0 fully saturated rings. The second-order valence-corrected chi connectivity index (χ2v) is 5.46. The predicted molar refractivity (Wildman–Crippen MR) is 84.1 cm³/mol. The fourth-order valence-electron chi connectivity index (χ4n) is 2.35. The molecule has 5 nitrogen and oxygen atoms in total. The maximum absolute atomic E-state index is 5.70. The Morgan fingerprint density at radius 1 is 1.24 bits per heavy atom. The van der Waals surface area contributed by atoms with Crippen LogP contribution in [0.25, 0.3) is 0 Å². The van der Waals surface area contributed by atoms with Gasteiger partial charge in [0.2, 0.25) is 0 Å². The number of hydrogen-bond acceptors (Lipinski definition) is 4. The van der Waals surface area contributed by atoms with Crippen molar-refractivity contribution in [3.63, 3.8) is 0 Å². The van der Waals surface area contributed by atoms with Crippen LogP contribution in [0.5, 0.6) is 5.75 Å². The van der Waals surface area contributed by atoms with Crippen LogP contribution in [0.15, 0.2) is 36.5 Å². The monoisotopic (exact) mass is 288 g/mol. The molecule has 0 aliphatic carbocycles. The molecule has 0 saturated carbocycles. The van der Waals surface area contributed by atoms with Gasteiger partial charge in [-0.25, -0.2) is 0 Å². The Bertz CT molecular complexity index is 565. The number of benzene rings is 1. The molecular formula is C16H24N4O. The van der Waals surface area contributed by atoms with Gasteiger partial charge in [-0.2, -0.15) is 5.10 Å². The molecule has 0 aliphatic heterocycles. The van der Waals surface area contributed by atoms with E-state index < -0.39 is 0 Å². The summed E-state index contributed by atoms with van der Waals surface area (Å²) in [5.41, 5.74) is 5.07. The first-order valence-corrected chi connectivity index (χ1v) is 7.26. The molecule has 0 aliphatic rings. The fourth-order valence-corrected chi connectivity index (χ4v) is 2.35. The number of rotatable bonds is 7. The van der Waals surface area contributed by atoms with E-state index in [9.17, 15) is 0 Å². The Morgan fingerprint density at radius 2 is 2.00 bits per heavy atom. The summed E-state index contributed by atoms with van der Waals surface area (Å²) in [7, 11) is 1.69. The first-order chi connectivity index (χ1) is 10.1. The highest BCUT2D eigenvalue weighted by molar-refractivity contribution is 5.34. The van der Waals surface area contributed by atoms with Crippen molar-refractivity contribution in [2.45, 2.75) is 38.8 Å². The molecule has 0 saturated heterocycles. The molecule has 2 rings (SSSR count). The molecule has 5 heteroatoms. The highest BCUT2D eigenvalue weighted by atomic mass is 16.5. The largest absolute Gasteiger partial charge is 0.496 e. The Balaban J connectivity index is 2.05. The van der Waals surface area contributed by atoms with E-state index in [4.69, 9.17) is 10.6 Å². The van der Waals surface area contributed by atoms with Gasteiger partial charge in [-0.3, -0.25) is 16.0 Å². The third-order valence-corrected chi connectivity index (χ3v) is 3.54. The number of ether oxygens (including phenoxy) is 1. The molecule has 0 amide bonds. The standard InChI is InChI=1S/C16H24N4O/c1-12(2)20-9-8-14(19-20)11-15(18-17)10-13-6-4-5-7-16(13)21-3/h4-9,12,15,18H,10-11,17H2,1-3H3. The molecule has 1 unspecified atom stereocenters. The molecule has 21 heavy (non-hydrogen) atoms. The van der Waals surface area contributed by atoms with Crippen molar-refractivity contribution in [2.75, 3.05) is 7.11 Å². The van der Waals surface area contributed by atoms with Crippen LogP contribution in [0, 0.1) is 0 Å². The van der Waals surface area contributed by atoms with E-state index in [2.05, 4.69) is 30.4 Å². The minimum absolute atomic E-state index is 0.122. The van der Waals surface area contributed by atoms with Gasteiger partial charge in [0.15, 0.2) is 0 Å². The summed E-state index contributed by atoms with van der Waals surface area (Å²) in [4.78, 5) is 0. The van der Waals surface area contributed by atoms with Crippen LogP contribution in [0.3, 0.4) is 0 Å². The van der Waals surface area contributed by atoms with Crippen LogP contribution >= 0.6 is 0 Å². The van der Waals surface area contributed by atoms with Gasteiger partial charge in [-0.1, -0.05) is 18.2 Å². The third-order valence-electron chi connectivity index (χ3n) is 3.54. The Morgan fingerprint density at radius 3 is 2.62 bits per heavy atom. The van der Waals surface area contributed by atoms with Gasteiger partial charge >= 0.3 is 0 Å². The van der Waals surface area contributed by atoms with Crippen molar-refractivity contribution in [3.8, 4) is 5.75 Å². The van der Waals surface area contributed by atoms with E-state index >= 15 is 0 Å². The van der Waals surface area contributed by atoms with E-state index in [1.165, 1.54) is 0 Å². The number of para-hydroxylation sites is 1. The SMILES string of the molecule is COc1ccccc1CC(Cc1ccn(C(C)C)n1)NN. The van der Waals surface area contributed by atoms with Crippen molar-refractivity contribution in [3.05, 3.63) is 47.8 Å². The number of methoxy groups -OCH3 is 1. The van der Waals surface area contributed by atoms with Crippen molar-refractivity contribution >= 4 is 0 Å². The third kappa shape index (κ3) is 4.06. The van der Waals surface area contributed by atoms with E-state index in [1.807, 2.05) is 35.1 Å². The summed E-state index contributed by atoms with van der Waals surface area (Å²) in [5.74, 6) is 6.60. The molecule has 0 spiro atoms. The molecule has 1 atom stereocenters. The maximum atomic E-state index is 5.70.